The number of rotatable bonds is 7. The first-order valence-corrected chi connectivity index (χ1v) is 9.08. The zero-order valence-corrected chi connectivity index (χ0v) is 17.8. The number of guanidine groups is 1. The second kappa shape index (κ2) is 12.5. The Bertz CT molecular complexity index is 518. The number of nitrogens with one attached hydrogen (secondary N) is 2. The van der Waals surface area contributed by atoms with Crippen LogP contribution in [0.5, 0.6) is 0 Å². The third kappa shape index (κ3) is 8.35. The molecule has 1 aliphatic rings. The normalized spacial score (nSPS) is 15.8. The molecular weight excluding hydrogens is 430 g/mol. The third-order valence-corrected chi connectivity index (χ3v) is 4.75. The SMILES string of the molecule is CN=C(NCCCN(C)C1CCCCC1)NCc1cccc(F)c1.I. The van der Waals surface area contributed by atoms with Crippen molar-refractivity contribution in [3.63, 3.8) is 0 Å². The first-order chi connectivity index (χ1) is 11.7. The molecule has 0 bridgehead atoms. The summed E-state index contributed by atoms with van der Waals surface area (Å²) in [4.78, 5) is 6.72. The Balaban J connectivity index is 0.00000312. The van der Waals surface area contributed by atoms with Gasteiger partial charge in [0.25, 0.3) is 0 Å². The molecule has 25 heavy (non-hydrogen) atoms. The molecule has 2 rings (SSSR count). The molecule has 0 aromatic heterocycles. The van der Waals surface area contributed by atoms with Crippen molar-refractivity contribution >= 4 is 29.9 Å². The number of nitrogens with zero attached hydrogens (tertiary/aromatic N) is 2. The van der Waals surface area contributed by atoms with E-state index in [1.807, 2.05) is 6.07 Å². The van der Waals surface area contributed by atoms with Crippen LogP contribution in [-0.4, -0.2) is 44.1 Å². The Morgan fingerprint density at radius 1 is 1.24 bits per heavy atom. The van der Waals surface area contributed by atoms with Gasteiger partial charge >= 0.3 is 0 Å². The highest BCUT2D eigenvalue weighted by atomic mass is 127. The molecular formula is C19H32FIN4. The second-order valence-electron chi connectivity index (χ2n) is 6.61. The van der Waals surface area contributed by atoms with Gasteiger partial charge in [0.05, 0.1) is 0 Å². The summed E-state index contributed by atoms with van der Waals surface area (Å²) in [5, 5.41) is 6.55. The molecule has 0 saturated heterocycles. The average Bonchev–Trinajstić information content (AvgIpc) is 2.61. The fourth-order valence-electron chi connectivity index (χ4n) is 3.29. The van der Waals surface area contributed by atoms with Gasteiger partial charge in [-0.2, -0.15) is 0 Å². The van der Waals surface area contributed by atoms with Crippen molar-refractivity contribution < 1.29 is 4.39 Å². The van der Waals surface area contributed by atoms with E-state index in [4.69, 9.17) is 0 Å². The molecule has 142 valence electrons. The topological polar surface area (TPSA) is 39.7 Å². The molecule has 0 amide bonds. The van der Waals surface area contributed by atoms with Crippen LogP contribution in [0.1, 0.15) is 44.1 Å². The summed E-state index contributed by atoms with van der Waals surface area (Å²) in [5.41, 5.74) is 0.912. The Morgan fingerprint density at radius 3 is 2.68 bits per heavy atom. The van der Waals surface area contributed by atoms with Crippen molar-refractivity contribution in [2.75, 3.05) is 27.2 Å². The van der Waals surface area contributed by atoms with Gasteiger partial charge in [-0.05, 0) is 50.6 Å². The van der Waals surface area contributed by atoms with Crippen LogP contribution >= 0.6 is 24.0 Å². The van der Waals surface area contributed by atoms with Crippen LogP contribution in [0.15, 0.2) is 29.3 Å². The molecule has 1 aromatic carbocycles. The molecule has 0 radical (unpaired) electrons. The minimum atomic E-state index is -0.206. The summed E-state index contributed by atoms with van der Waals surface area (Å²) in [5.74, 6) is 0.558. The lowest BCUT2D eigenvalue weighted by Crippen LogP contribution is -2.39. The van der Waals surface area contributed by atoms with Gasteiger partial charge in [-0.15, -0.1) is 24.0 Å². The lowest BCUT2D eigenvalue weighted by molar-refractivity contribution is 0.190. The van der Waals surface area contributed by atoms with E-state index >= 15 is 0 Å². The standard InChI is InChI=1S/C19H31FN4.HI/c1-21-19(23-15-16-8-6-9-17(20)14-16)22-12-7-13-24(2)18-10-4-3-5-11-18;/h6,8-9,14,18H,3-5,7,10-13,15H2,1-2H3,(H2,21,22,23);1H. The zero-order valence-electron chi connectivity index (χ0n) is 15.4. The third-order valence-electron chi connectivity index (χ3n) is 4.75. The number of hydrogen-bond acceptors (Lipinski definition) is 2. The summed E-state index contributed by atoms with van der Waals surface area (Å²) in [7, 11) is 4.00. The molecule has 1 aliphatic carbocycles. The minimum absolute atomic E-state index is 0. The molecule has 1 fully saturated rings. The number of hydrogen-bond donors (Lipinski definition) is 2. The smallest absolute Gasteiger partial charge is 0.191 e. The first-order valence-electron chi connectivity index (χ1n) is 9.08. The average molecular weight is 462 g/mol. The van der Waals surface area contributed by atoms with Gasteiger partial charge in [0.15, 0.2) is 5.96 Å². The maximum Gasteiger partial charge on any atom is 0.191 e. The zero-order chi connectivity index (χ0) is 17.2. The van der Waals surface area contributed by atoms with Crippen molar-refractivity contribution in [1.29, 1.82) is 0 Å². The largest absolute Gasteiger partial charge is 0.356 e. The number of benzene rings is 1. The maximum atomic E-state index is 13.2. The minimum Gasteiger partial charge on any atom is -0.356 e. The van der Waals surface area contributed by atoms with Crippen LogP contribution < -0.4 is 10.6 Å². The molecule has 0 spiro atoms. The summed E-state index contributed by atoms with van der Waals surface area (Å²) in [6, 6.07) is 7.40. The van der Waals surface area contributed by atoms with Crippen molar-refractivity contribution in [2.45, 2.75) is 51.1 Å². The van der Waals surface area contributed by atoms with E-state index in [1.54, 1.807) is 19.2 Å². The van der Waals surface area contributed by atoms with Gasteiger partial charge in [0, 0.05) is 26.2 Å². The molecule has 0 unspecified atom stereocenters. The van der Waals surface area contributed by atoms with Crippen molar-refractivity contribution in [3.05, 3.63) is 35.6 Å². The predicted octanol–water partition coefficient (Wildman–Crippen LogP) is 3.76. The van der Waals surface area contributed by atoms with E-state index in [1.165, 1.54) is 38.2 Å². The predicted molar refractivity (Wildman–Crippen MR) is 114 cm³/mol. The number of aliphatic imine (C=N–C) groups is 1. The fourth-order valence-corrected chi connectivity index (χ4v) is 3.29. The monoisotopic (exact) mass is 462 g/mol. The van der Waals surface area contributed by atoms with Gasteiger partial charge in [0.1, 0.15) is 5.82 Å². The van der Waals surface area contributed by atoms with E-state index in [0.717, 1.165) is 37.1 Å². The highest BCUT2D eigenvalue weighted by Gasteiger charge is 2.17. The molecule has 0 heterocycles. The summed E-state index contributed by atoms with van der Waals surface area (Å²) in [6.45, 7) is 2.57. The first kappa shape index (κ1) is 22.2. The highest BCUT2D eigenvalue weighted by Crippen LogP contribution is 2.21. The Kier molecular flexibility index (Phi) is 11.0. The second-order valence-corrected chi connectivity index (χ2v) is 6.61. The van der Waals surface area contributed by atoms with Gasteiger partial charge in [-0.3, -0.25) is 4.99 Å². The molecule has 2 N–H and O–H groups in total. The van der Waals surface area contributed by atoms with E-state index in [0.29, 0.717) is 6.54 Å². The van der Waals surface area contributed by atoms with E-state index in [2.05, 4.69) is 27.6 Å². The van der Waals surface area contributed by atoms with Gasteiger partial charge in [0.2, 0.25) is 0 Å². The lowest BCUT2D eigenvalue weighted by atomic mass is 9.94. The van der Waals surface area contributed by atoms with Crippen LogP contribution in [0.3, 0.4) is 0 Å². The summed E-state index contributed by atoms with van der Waals surface area (Å²) in [6.07, 6.45) is 7.95. The fraction of sp³-hybridized carbons (Fsp3) is 0.632. The van der Waals surface area contributed by atoms with Crippen LogP contribution in [0.25, 0.3) is 0 Å². The van der Waals surface area contributed by atoms with Crippen LogP contribution in [-0.2, 0) is 6.54 Å². The van der Waals surface area contributed by atoms with E-state index in [9.17, 15) is 4.39 Å². The van der Waals surface area contributed by atoms with Crippen LogP contribution in [0, 0.1) is 5.82 Å². The Hall–Kier alpha value is -0.890. The van der Waals surface area contributed by atoms with E-state index < -0.39 is 0 Å². The highest BCUT2D eigenvalue weighted by molar-refractivity contribution is 14.0. The van der Waals surface area contributed by atoms with Crippen LogP contribution in [0.2, 0.25) is 0 Å². The van der Waals surface area contributed by atoms with Crippen molar-refractivity contribution in [1.82, 2.24) is 15.5 Å². The quantitative estimate of drug-likeness (QED) is 0.281. The molecule has 0 atom stereocenters. The van der Waals surface area contributed by atoms with Crippen molar-refractivity contribution in [2.24, 2.45) is 4.99 Å². The number of halogens is 2. The Morgan fingerprint density at radius 2 is 2.00 bits per heavy atom. The van der Waals surface area contributed by atoms with E-state index in [-0.39, 0.29) is 29.8 Å². The molecule has 0 aliphatic heterocycles. The molecule has 4 nitrogen and oxygen atoms in total. The molecule has 1 aromatic rings. The molecule has 6 heteroatoms. The van der Waals surface area contributed by atoms with Crippen LogP contribution in [0.4, 0.5) is 4.39 Å². The lowest BCUT2D eigenvalue weighted by Gasteiger charge is -2.31. The maximum absolute atomic E-state index is 13.2. The summed E-state index contributed by atoms with van der Waals surface area (Å²) < 4.78 is 13.2. The van der Waals surface area contributed by atoms with Gasteiger partial charge in [-0.25, -0.2) is 4.39 Å². The van der Waals surface area contributed by atoms with Gasteiger partial charge < -0.3 is 15.5 Å². The Labute approximate surface area is 168 Å². The van der Waals surface area contributed by atoms with Gasteiger partial charge in [-0.1, -0.05) is 31.4 Å². The summed E-state index contributed by atoms with van der Waals surface area (Å²) >= 11 is 0. The van der Waals surface area contributed by atoms with Crippen molar-refractivity contribution in [3.8, 4) is 0 Å². The molecule has 1 saturated carbocycles.